The van der Waals surface area contributed by atoms with Gasteiger partial charge >= 0.3 is 0 Å². The molecule has 8 nitrogen and oxygen atoms in total. The number of hydrogen-bond acceptors (Lipinski definition) is 6. The smallest absolute Gasteiger partial charge is 0.273 e. The van der Waals surface area contributed by atoms with Gasteiger partial charge in [0.25, 0.3) is 5.91 Å². The Kier molecular flexibility index (Phi) is 6.83. The molecule has 4 fully saturated rings. The molecule has 0 spiro atoms. The van der Waals surface area contributed by atoms with Gasteiger partial charge in [0.1, 0.15) is 11.6 Å². The molecule has 4 heterocycles. The van der Waals surface area contributed by atoms with E-state index in [0.29, 0.717) is 24.5 Å². The number of carbonyl (C=O) groups is 1. The number of amides is 1. The van der Waals surface area contributed by atoms with E-state index in [1.807, 2.05) is 12.1 Å². The second-order valence-corrected chi connectivity index (χ2v) is 13.3. The topological polar surface area (TPSA) is 95.8 Å². The fourth-order valence-corrected chi connectivity index (χ4v) is 8.86. The molecular weight excluding hydrogens is 495 g/mol. The van der Waals surface area contributed by atoms with Gasteiger partial charge in [-0.2, -0.15) is 4.31 Å². The summed E-state index contributed by atoms with van der Waals surface area (Å²) < 4.78 is 47.3. The van der Waals surface area contributed by atoms with E-state index < -0.39 is 10.0 Å². The fourth-order valence-electron chi connectivity index (χ4n) is 6.47. The largest absolute Gasteiger partial charge is 0.360 e. The molecule has 1 aromatic heterocycles. The van der Waals surface area contributed by atoms with Crippen molar-refractivity contribution in [2.24, 2.45) is 5.92 Å². The van der Waals surface area contributed by atoms with Gasteiger partial charge in [0, 0.05) is 36.7 Å². The zero-order chi connectivity index (χ0) is 25.6. The Hall–Kier alpha value is -2.30. The molecule has 0 radical (unpaired) electrons. The van der Waals surface area contributed by atoms with Crippen molar-refractivity contribution in [2.75, 3.05) is 18.8 Å². The molecule has 200 valence electrons. The first kappa shape index (κ1) is 25.0. The number of aromatic nitrogens is 1. The molecule has 3 atom stereocenters. The zero-order valence-electron chi connectivity index (χ0n) is 21.0. The van der Waals surface area contributed by atoms with Gasteiger partial charge in [0.2, 0.25) is 10.0 Å². The molecule has 3 aliphatic heterocycles. The molecule has 1 aliphatic carbocycles. The highest BCUT2D eigenvalue weighted by atomic mass is 32.2. The Morgan fingerprint density at radius 3 is 2.35 bits per heavy atom. The third-order valence-electron chi connectivity index (χ3n) is 8.54. The highest BCUT2D eigenvalue weighted by Crippen LogP contribution is 2.41. The third kappa shape index (κ3) is 5.61. The summed E-state index contributed by atoms with van der Waals surface area (Å²) in [4.78, 5) is 15.0. The van der Waals surface area contributed by atoms with E-state index in [2.05, 4.69) is 15.4 Å². The van der Waals surface area contributed by atoms with Crippen LogP contribution in [0.3, 0.4) is 0 Å². The molecule has 1 amide bonds. The van der Waals surface area contributed by atoms with Crippen LogP contribution >= 0.6 is 0 Å². The molecule has 6 rings (SSSR count). The predicted molar refractivity (Wildman–Crippen MR) is 136 cm³/mol. The number of sulfonamides is 1. The molecule has 2 bridgehead atoms. The maximum absolute atomic E-state index is 13.5. The van der Waals surface area contributed by atoms with E-state index in [4.69, 9.17) is 4.52 Å². The first-order valence-corrected chi connectivity index (χ1v) is 15.2. The number of nitrogens with zero attached hydrogens (tertiary/aromatic N) is 3. The average molecular weight is 531 g/mol. The average Bonchev–Trinajstić information content (AvgIpc) is 3.52. The minimum absolute atomic E-state index is 0.0489. The quantitative estimate of drug-likeness (QED) is 0.560. The molecule has 37 heavy (non-hydrogen) atoms. The van der Waals surface area contributed by atoms with Crippen molar-refractivity contribution >= 4 is 15.9 Å². The summed E-state index contributed by atoms with van der Waals surface area (Å²) in [5.41, 5.74) is 1.39. The molecular formula is C27H35FN4O4S. The Morgan fingerprint density at radius 1 is 1.03 bits per heavy atom. The summed E-state index contributed by atoms with van der Waals surface area (Å²) in [6, 6.07) is 8.18. The molecule has 2 aromatic rings. The standard InChI is InChI=1S/C27H35FN4O4S/c28-21-5-1-18(2-6-21)16-31-11-9-19(10-12-31)17-37(34,35)32-23-7-8-24(32)14-22(13-23)29-27(33)25-15-26(36-30-25)20-3-4-20/h1-2,5-6,15,19-20,22-24H,3-4,7-14,16-17H2,(H,29,33)/t22?,23-,24+. The van der Waals surface area contributed by atoms with Crippen LogP contribution in [0.2, 0.25) is 0 Å². The van der Waals surface area contributed by atoms with Crippen molar-refractivity contribution in [3.05, 3.63) is 53.2 Å². The Balaban J connectivity index is 1.00. The van der Waals surface area contributed by atoms with E-state index in [1.54, 1.807) is 10.4 Å². The van der Waals surface area contributed by atoms with Crippen molar-refractivity contribution in [3.8, 4) is 0 Å². The maximum Gasteiger partial charge on any atom is 0.273 e. The van der Waals surface area contributed by atoms with Gasteiger partial charge in [-0.25, -0.2) is 12.8 Å². The van der Waals surface area contributed by atoms with Crippen molar-refractivity contribution in [1.29, 1.82) is 0 Å². The number of carbonyl (C=O) groups excluding carboxylic acids is 1. The monoisotopic (exact) mass is 530 g/mol. The summed E-state index contributed by atoms with van der Waals surface area (Å²) >= 11 is 0. The van der Waals surface area contributed by atoms with Gasteiger partial charge < -0.3 is 9.84 Å². The minimum Gasteiger partial charge on any atom is -0.360 e. The van der Waals surface area contributed by atoms with Crippen LogP contribution in [0, 0.1) is 11.7 Å². The minimum atomic E-state index is -3.37. The SMILES string of the molecule is O=C(NC1C[C@H]2CC[C@@H](C1)N2S(=O)(=O)CC1CCN(Cc2ccc(F)cc2)CC1)c1cc(C2CC2)on1. The summed E-state index contributed by atoms with van der Waals surface area (Å²) in [6.07, 6.45) is 6.86. The Morgan fingerprint density at radius 2 is 1.70 bits per heavy atom. The second kappa shape index (κ2) is 10.1. The first-order valence-electron chi connectivity index (χ1n) is 13.6. The summed E-state index contributed by atoms with van der Waals surface area (Å²) in [6.45, 7) is 2.46. The van der Waals surface area contributed by atoms with Crippen LogP contribution in [-0.4, -0.2) is 65.7 Å². The number of likely N-dealkylation sites (tertiary alicyclic amines) is 1. The number of halogens is 1. The Labute approximate surface area is 217 Å². The number of piperidine rings is 2. The normalized spacial score (nSPS) is 27.4. The van der Waals surface area contributed by atoms with E-state index in [0.717, 1.165) is 69.5 Å². The van der Waals surface area contributed by atoms with E-state index in [-0.39, 0.29) is 41.5 Å². The maximum atomic E-state index is 13.5. The van der Waals surface area contributed by atoms with Crippen LogP contribution in [0.4, 0.5) is 4.39 Å². The molecule has 4 aliphatic rings. The van der Waals surface area contributed by atoms with Crippen molar-refractivity contribution in [2.45, 2.75) is 82.0 Å². The van der Waals surface area contributed by atoms with E-state index in [1.165, 1.54) is 12.1 Å². The number of nitrogens with one attached hydrogen (secondary N) is 1. The Bertz CT molecular complexity index is 1210. The molecule has 10 heteroatoms. The lowest BCUT2D eigenvalue weighted by Gasteiger charge is -2.39. The van der Waals surface area contributed by atoms with Gasteiger partial charge in [0.05, 0.1) is 5.75 Å². The highest BCUT2D eigenvalue weighted by Gasteiger charge is 2.47. The van der Waals surface area contributed by atoms with Crippen LogP contribution in [-0.2, 0) is 16.6 Å². The molecule has 3 saturated heterocycles. The van der Waals surface area contributed by atoms with Crippen LogP contribution < -0.4 is 5.32 Å². The van der Waals surface area contributed by atoms with Gasteiger partial charge in [-0.3, -0.25) is 9.69 Å². The van der Waals surface area contributed by atoms with Crippen LogP contribution in [0.15, 0.2) is 34.9 Å². The van der Waals surface area contributed by atoms with Crippen molar-refractivity contribution in [3.63, 3.8) is 0 Å². The molecule has 1 aromatic carbocycles. The van der Waals surface area contributed by atoms with E-state index >= 15 is 0 Å². The lowest BCUT2D eigenvalue weighted by Crippen LogP contribution is -2.53. The number of rotatable bonds is 8. The molecule has 1 N–H and O–H groups in total. The van der Waals surface area contributed by atoms with Gasteiger partial charge in [0.15, 0.2) is 5.69 Å². The summed E-state index contributed by atoms with van der Waals surface area (Å²) in [5.74, 6) is 1.07. The highest BCUT2D eigenvalue weighted by molar-refractivity contribution is 7.89. The van der Waals surface area contributed by atoms with Crippen LogP contribution in [0.25, 0.3) is 0 Å². The summed E-state index contributed by atoms with van der Waals surface area (Å²) in [7, 11) is -3.37. The lowest BCUT2D eigenvalue weighted by atomic mass is 9.98. The fraction of sp³-hybridized carbons (Fsp3) is 0.630. The summed E-state index contributed by atoms with van der Waals surface area (Å²) in [5, 5.41) is 7.02. The van der Waals surface area contributed by atoms with Gasteiger partial charge in [-0.05, 0) is 88.1 Å². The molecule has 1 saturated carbocycles. The number of hydrogen-bond donors (Lipinski definition) is 1. The van der Waals surface area contributed by atoms with Gasteiger partial charge in [-0.1, -0.05) is 17.3 Å². The van der Waals surface area contributed by atoms with Crippen LogP contribution in [0.5, 0.6) is 0 Å². The second-order valence-electron chi connectivity index (χ2n) is 11.4. The lowest BCUT2D eigenvalue weighted by molar-refractivity contribution is 0.0900. The van der Waals surface area contributed by atoms with Crippen molar-refractivity contribution < 1.29 is 22.1 Å². The number of fused-ring (bicyclic) bond motifs is 2. The van der Waals surface area contributed by atoms with Gasteiger partial charge in [-0.15, -0.1) is 0 Å². The first-order chi connectivity index (χ1) is 17.8. The predicted octanol–water partition coefficient (Wildman–Crippen LogP) is 3.66. The molecule has 1 unspecified atom stereocenters. The third-order valence-corrected chi connectivity index (χ3v) is 10.7. The zero-order valence-corrected chi connectivity index (χ0v) is 21.8. The van der Waals surface area contributed by atoms with Crippen molar-refractivity contribution in [1.82, 2.24) is 19.7 Å². The number of benzene rings is 1. The van der Waals surface area contributed by atoms with Crippen LogP contribution in [0.1, 0.15) is 79.1 Å². The van der Waals surface area contributed by atoms with E-state index in [9.17, 15) is 17.6 Å².